The van der Waals surface area contributed by atoms with Crippen molar-refractivity contribution in [1.82, 2.24) is 25.0 Å². The fourth-order valence-electron chi connectivity index (χ4n) is 1.74. The van der Waals surface area contributed by atoms with E-state index in [0.717, 1.165) is 27.6 Å². The van der Waals surface area contributed by atoms with E-state index in [1.165, 1.54) is 0 Å². The second-order valence-electron chi connectivity index (χ2n) is 3.55. The molecule has 0 N–H and O–H groups in total. The van der Waals surface area contributed by atoms with Crippen LogP contribution in [-0.4, -0.2) is 25.0 Å². The Bertz CT molecular complexity index is 655. The van der Waals surface area contributed by atoms with Gasteiger partial charge in [0.05, 0.1) is 11.7 Å². The lowest BCUT2D eigenvalue weighted by Gasteiger charge is -2.00. The summed E-state index contributed by atoms with van der Waals surface area (Å²) < 4.78 is 1.75. The van der Waals surface area contributed by atoms with Crippen molar-refractivity contribution in [1.29, 1.82) is 0 Å². The lowest BCUT2D eigenvalue weighted by Crippen LogP contribution is -1.92. The van der Waals surface area contributed by atoms with Crippen LogP contribution in [0.25, 0.3) is 21.9 Å². The lowest BCUT2D eigenvalue weighted by atomic mass is 10.2. The summed E-state index contributed by atoms with van der Waals surface area (Å²) in [7, 11) is 1.87. The Hall–Kier alpha value is -2.04. The van der Waals surface area contributed by atoms with Gasteiger partial charge >= 0.3 is 0 Å². The Morgan fingerprint density at radius 2 is 2.00 bits per heavy atom. The van der Waals surface area contributed by atoms with Crippen LogP contribution in [0.5, 0.6) is 0 Å². The fourth-order valence-corrected chi connectivity index (χ4v) is 1.74. The van der Waals surface area contributed by atoms with Gasteiger partial charge in [-0.05, 0) is 13.0 Å². The molecule has 0 atom stereocenters. The van der Waals surface area contributed by atoms with Crippen molar-refractivity contribution in [3.05, 3.63) is 24.2 Å². The zero-order valence-electron chi connectivity index (χ0n) is 8.47. The van der Waals surface area contributed by atoms with E-state index in [0.29, 0.717) is 0 Å². The second kappa shape index (κ2) is 2.73. The van der Waals surface area contributed by atoms with Crippen molar-refractivity contribution < 1.29 is 0 Å². The highest BCUT2D eigenvalue weighted by Gasteiger charge is 2.07. The first-order valence-corrected chi connectivity index (χ1v) is 4.66. The van der Waals surface area contributed by atoms with Gasteiger partial charge in [-0.25, -0.2) is 4.68 Å². The molecule has 3 rings (SSSR count). The molecule has 3 aromatic heterocycles. The summed E-state index contributed by atoms with van der Waals surface area (Å²) in [6, 6.07) is 1.96. The minimum absolute atomic E-state index is 0.802. The molecule has 0 aromatic carbocycles. The summed E-state index contributed by atoms with van der Waals surface area (Å²) in [5.41, 5.74) is 3.67. The van der Waals surface area contributed by atoms with Crippen LogP contribution < -0.4 is 0 Å². The van der Waals surface area contributed by atoms with Gasteiger partial charge in [-0.15, -0.1) is 5.10 Å². The normalized spacial score (nSPS) is 11.3. The highest BCUT2D eigenvalue weighted by molar-refractivity contribution is 6.01. The molecule has 15 heavy (non-hydrogen) atoms. The molecule has 0 saturated carbocycles. The summed E-state index contributed by atoms with van der Waals surface area (Å²) in [4.78, 5) is 8.60. The van der Waals surface area contributed by atoms with Crippen molar-refractivity contribution in [2.45, 2.75) is 6.92 Å². The van der Waals surface area contributed by atoms with E-state index in [9.17, 15) is 0 Å². The Labute approximate surface area is 85.8 Å². The minimum Gasteiger partial charge on any atom is -0.261 e. The van der Waals surface area contributed by atoms with Crippen molar-refractivity contribution in [3.8, 4) is 0 Å². The summed E-state index contributed by atoms with van der Waals surface area (Å²) in [5, 5.41) is 8.97. The van der Waals surface area contributed by atoms with Gasteiger partial charge in [-0.2, -0.15) is 0 Å². The van der Waals surface area contributed by atoms with E-state index >= 15 is 0 Å². The standard InChI is InChI=1S/C10H9N5/c1-6-3-8-7(4-11-6)10-9(5-12-8)13-14-15(10)2/h3-5H,1-2H3. The predicted octanol–water partition coefficient (Wildman–Crippen LogP) is 1.22. The zero-order chi connectivity index (χ0) is 10.4. The molecule has 3 heterocycles. The van der Waals surface area contributed by atoms with E-state index in [2.05, 4.69) is 20.3 Å². The van der Waals surface area contributed by atoms with Gasteiger partial charge in [0.25, 0.3) is 0 Å². The van der Waals surface area contributed by atoms with Crippen LogP contribution in [-0.2, 0) is 7.05 Å². The lowest BCUT2D eigenvalue weighted by molar-refractivity contribution is 0.738. The smallest absolute Gasteiger partial charge is 0.132 e. The molecule has 74 valence electrons. The SMILES string of the molecule is Cc1cc2ncc3nnn(C)c3c2cn1. The summed E-state index contributed by atoms with van der Waals surface area (Å²) >= 11 is 0. The summed E-state index contributed by atoms with van der Waals surface area (Å²) in [6.07, 6.45) is 3.56. The maximum absolute atomic E-state index is 4.33. The van der Waals surface area contributed by atoms with Gasteiger partial charge in [0.15, 0.2) is 0 Å². The maximum Gasteiger partial charge on any atom is 0.132 e. The molecule has 0 spiro atoms. The molecular weight excluding hydrogens is 190 g/mol. The monoisotopic (exact) mass is 199 g/mol. The van der Waals surface area contributed by atoms with E-state index in [4.69, 9.17) is 0 Å². The third kappa shape index (κ3) is 1.09. The molecule has 5 nitrogen and oxygen atoms in total. The molecular formula is C10H9N5. The van der Waals surface area contributed by atoms with Gasteiger partial charge in [0, 0.05) is 24.3 Å². The molecule has 0 unspecified atom stereocenters. The minimum atomic E-state index is 0.802. The van der Waals surface area contributed by atoms with Crippen molar-refractivity contribution in [2.24, 2.45) is 7.05 Å². The van der Waals surface area contributed by atoms with E-state index in [-0.39, 0.29) is 0 Å². The quantitative estimate of drug-likeness (QED) is 0.546. The Balaban J connectivity index is 2.58. The van der Waals surface area contributed by atoms with Crippen molar-refractivity contribution >= 4 is 21.9 Å². The largest absolute Gasteiger partial charge is 0.261 e. The van der Waals surface area contributed by atoms with Gasteiger partial charge in [0.2, 0.25) is 0 Å². The number of aromatic nitrogens is 5. The fraction of sp³-hybridized carbons (Fsp3) is 0.200. The topological polar surface area (TPSA) is 56.5 Å². The van der Waals surface area contributed by atoms with Gasteiger partial charge in [-0.3, -0.25) is 9.97 Å². The number of fused-ring (bicyclic) bond motifs is 3. The average Bonchev–Trinajstić information content (AvgIpc) is 2.60. The van der Waals surface area contributed by atoms with Crippen LogP contribution in [0.2, 0.25) is 0 Å². The number of hydrogen-bond donors (Lipinski definition) is 0. The van der Waals surface area contributed by atoms with Crippen LogP contribution in [0.1, 0.15) is 5.69 Å². The average molecular weight is 199 g/mol. The van der Waals surface area contributed by atoms with Crippen molar-refractivity contribution in [2.75, 3.05) is 0 Å². The van der Waals surface area contributed by atoms with E-state index < -0.39 is 0 Å². The molecule has 0 aliphatic rings. The predicted molar refractivity (Wildman–Crippen MR) is 56.3 cm³/mol. The van der Waals surface area contributed by atoms with Gasteiger partial charge in [-0.1, -0.05) is 5.21 Å². The molecule has 0 aliphatic carbocycles. The molecule has 0 radical (unpaired) electrons. The number of hydrogen-bond acceptors (Lipinski definition) is 4. The van der Waals surface area contributed by atoms with Gasteiger partial charge in [0.1, 0.15) is 11.0 Å². The summed E-state index contributed by atoms with van der Waals surface area (Å²) in [5.74, 6) is 0. The van der Waals surface area contributed by atoms with Crippen LogP contribution in [0.15, 0.2) is 18.5 Å². The van der Waals surface area contributed by atoms with Crippen LogP contribution in [0, 0.1) is 6.92 Å². The first-order chi connectivity index (χ1) is 7.25. The highest BCUT2D eigenvalue weighted by Crippen LogP contribution is 2.20. The number of nitrogens with zero attached hydrogens (tertiary/aromatic N) is 5. The Morgan fingerprint density at radius 1 is 1.13 bits per heavy atom. The molecule has 0 saturated heterocycles. The van der Waals surface area contributed by atoms with E-state index in [1.54, 1.807) is 10.9 Å². The number of rotatable bonds is 0. The molecule has 5 heteroatoms. The van der Waals surface area contributed by atoms with Gasteiger partial charge < -0.3 is 0 Å². The molecule has 3 aromatic rings. The second-order valence-corrected chi connectivity index (χ2v) is 3.55. The number of pyridine rings is 2. The summed E-state index contributed by atoms with van der Waals surface area (Å²) in [6.45, 7) is 1.95. The molecule has 0 aliphatic heterocycles. The van der Waals surface area contributed by atoms with E-state index in [1.807, 2.05) is 26.2 Å². The maximum atomic E-state index is 4.33. The molecule has 0 bridgehead atoms. The third-order valence-corrected chi connectivity index (χ3v) is 2.45. The zero-order valence-corrected chi connectivity index (χ0v) is 8.47. The Morgan fingerprint density at radius 3 is 2.87 bits per heavy atom. The first kappa shape index (κ1) is 8.28. The highest BCUT2D eigenvalue weighted by atomic mass is 15.4. The first-order valence-electron chi connectivity index (χ1n) is 4.66. The van der Waals surface area contributed by atoms with Crippen LogP contribution in [0.4, 0.5) is 0 Å². The molecule has 0 amide bonds. The van der Waals surface area contributed by atoms with Crippen LogP contribution in [0.3, 0.4) is 0 Å². The van der Waals surface area contributed by atoms with Crippen LogP contribution >= 0.6 is 0 Å². The third-order valence-electron chi connectivity index (χ3n) is 2.45. The van der Waals surface area contributed by atoms with Crippen molar-refractivity contribution in [3.63, 3.8) is 0 Å². The Kier molecular flexibility index (Phi) is 1.50. The molecule has 0 fully saturated rings. The number of aryl methyl sites for hydroxylation is 2.